The number of piperazine rings is 1. The van der Waals surface area contributed by atoms with Crippen molar-refractivity contribution in [2.45, 2.75) is 20.3 Å². The lowest BCUT2D eigenvalue weighted by molar-refractivity contribution is 0.0642. The summed E-state index contributed by atoms with van der Waals surface area (Å²) in [5.74, 6) is 6.03. The van der Waals surface area contributed by atoms with Crippen LogP contribution in [0.5, 0.6) is 0 Å². The van der Waals surface area contributed by atoms with E-state index in [0.717, 1.165) is 48.0 Å². The van der Waals surface area contributed by atoms with Gasteiger partial charge in [0.25, 0.3) is 5.91 Å². The molecule has 4 nitrogen and oxygen atoms in total. The zero-order chi connectivity index (χ0) is 15.2. The van der Waals surface area contributed by atoms with E-state index in [1.54, 1.807) is 0 Å². The summed E-state index contributed by atoms with van der Waals surface area (Å²) < 4.78 is 0. The maximum atomic E-state index is 12.5. The number of rotatable bonds is 3. The van der Waals surface area contributed by atoms with Crippen molar-refractivity contribution < 1.29 is 4.79 Å². The molecule has 5 heteroatoms. The number of nitrogens with zero attached hydrogens (tertiary/aromatic N) is 2. The van der Waals surface area contributed by atoms with Crippen molar-refractivity contribution >= 4 is 17.2 Å². The predicted octanol–water partition coefficient (Wildman–Crippen LogP) is 1.53. The molecule has 1 aromatic rings. The highest BCUT2D eigenvalue weighted by Crippen LogP contribution is 2.23. The summed E-state index contributed by atoms with van der Waals surface area (Å²) in [7, 11) is 0. The molecule has 2 heterocycles. The molecule has 1 amide bonds. The highest BCUT2D eigenvalue weighted by molar-refractivity contribution is 7.14. The molecule has 114 valence electrons. The van der Waals surface area contributed by atoms with Crippen molar-refractivity contribution in [3.05, 3.63) is 21.4 Å². The molecule has 1 saturated heterocycles. The lowest BCUT2D eigenvalue weighted by Gasteiger charge is -2.34. The van der Waals surface area contributed by atoms with Crippen molar-refractivity contribution in [2.24, 2.45) is 5.73 Å². The number of hydrogen-bond acceptors (Lipinski definition) is 4. The van der Waals surface area contributed by atoms with Gasteiger partial charge in [-0.25, -0.2) is 0 Å². The van der Waals surface area contributed by atoms with Gasteiger partial charge in [0.2, 0.25) is 0 Å². The first kappa shape index (κ1) is 16.0. The summed E-state index contributed by atoms with van der Waals surface area (Å²) in [5.41, 5.74) is 6.46. The van der Waals surface area contributed by atoms with Crippen LogP contribution in [0.3, 0.4) is 0 Å². The second-order valence-corrected chi connectivity index (χ2v) is 6.31. The normalized spacial score (nSPS) is 15.7. The quantitative estimate of drug-likeness (QED) is 0.862. The summed E-state index contributed by atoms with van der Waals surface area (Å²) in [6, 6.07) is 1.95. The zero-order valence-electron chi connectivity index (χ0n) is 12.8. The minimum Gasteiger partial charge on any atom is -0.335 e. The molecule has 1 fully saturated rings. The summed E-state index contributed by atoms with van der Waals surface area (Å²) >= 11 is 1.48. The molecular formula is C16H23N3OS. The third kappa shape index (κ3) is 4.07. The third-order valence-electron chi connectivity index (χ3n) is 3.63. The van der Waals surface area contributed by atoms with Crippen LogP contribution in [0.15, 0.2) is 6.07 Å². The van der Waals surface area contributed by atoms with Gasteiger partial charge in [-0.2, -0.15) is 0 Å². The van der Waals surface area contributed by atoms with E-state index in [1.165, 1.54) is 17.8 Å². The van der Waals surface area contributed by atoms with E-state index < -0.39 is 0 Å². The topological polar surface area (TPSA) is 49.6 Å². The Balaban J connectivity index is 2.01. The van der Waals surface area contributed by atoms with Gasteiger partial charge in [-0.3, -0.25) is 9.69 Å². The molecular weight excluding hydrogens is 282 g/mol. The van der Waals surface area contributed by atoms with E-state index in [0.29, 0.717) is 6.54 Å². The molecule has 0 atom stereocenters. The van der Waals surface area contributed by atoms with E-state index in [1.807, 2.05) is 17.9 Å². The lowest BCUT2D eigenvalue weighted by Crippen LogP contribution is -2.48. The molecule has 0 saturated carbocycles. The standard InChI is InChI=1S/C16H23N3OS/c1-3-7-18-8-10-19(11-9-18)16(20)15-12-13(2)14(21-15)5-4-6-17/h12H,3,6-11,17H2,1-2H3. The van der Waals surface area contributed by atoms with Gasteiger partial charge in [-0.15, -0.1) is 11.3 Å². The van der Waals surface area contributed by atoms with Crippen LogP contribution in [0.4, 0.5) is 0 Å². The number of amides is 1. The Morgan fingerprint density at radius 2 is 2.10 bits per heavy atom. The van der Waals surface area contributed by atoms with E-state index in [4.69, 9.17) is 5.73 Å². The van der Waals surface area contributed by atoms with Crippen molar-refractivity contribution in [1.82, 2.24) is 9.80 Å². The Kier molecular flexibility index (Phi) is 5.80. The van der Waals surface area contributed by atoms with Gasteiger partial charge < -0.3 is 10.6 Å². The Hall–Kier alpha value is -1.35. The van der Waals surface area contributed by atoms with E-state index in [-0.39, 0.29) is 5.91 Å². The Labute approximate surface area is 130 Å². The Morgan fingerprint density at radius 3 is 2.71 bits per heavy atom. The minimum absolute atomic E-state index is 0.139. The molecule has 2 N–H and O–H groups in total. The highest BCUT2D eigenvalue weighted by atomic mass is 32.1. The van der Waals surface area contributed by atoms with E-state index in [9.17, 15) is 4.79 Å². The van der Waals surface area contributed by atoms with E-state index in [2.05, 4.69) is 23.7 Å². The fraction of sp³-hybridized carbons (Fsp3) is 0.562. The first-order chi connectivity index (χ1) is 10.2. The van der Waals surface area contributed by atoms with Gasteiger partial charge in [0.1, 0.15) is 0 Å². The largest absolute Gasteiger partial charge is 0.335 e. The van der Waals surface area contributed by atoms with Gasteiger partial charge in [0, 0.05) is 26.2 Å². The van der Waals surface area contributed by atoms with Crippen LogP contribution in [-0.2, 0) is 0 Å². The molecule has 0 bridgehead atoms. The van der Waals surface area contributed by atoms with Crippen LogP contribution >= 0.6 is 11.3 Å². The molecule has 0 unspecified atom stereocenters. The van der Waals surface area contributed by atoms with E-state index >= 15 is 0 Å². The maximum absolute atomic E-state index is 12.5. The van der Waals surface area contributed by atoms with Crippen molar-refractivity contribution in [1.29, 1.82) is 0 Å². The molecule has 21 heavy (non-hydrogen) atoms. The molecule has 0 aromatic carbocycles. The van der Waals surface area contributed by atoms with Crippen molar-refractivity contribution in [3.8, 4) is 11.8 Å². The summed E-state index contributed by atoms with van der Waals surface area (Å²) in [4.78, 5) is 18.7. The maximum Gasteiger partial charge on any atom is 0.264 e. The number of hydrogen-bond donors (Lipinski definition) is 1. The Morgan fingerprint density at radius 1 is 1.38 bits per heavy atom. The molecule has 1 aliphatic rings. The number of carbonyl (C=O) groups excluding carboxylic acids is 1. The average Bonchev–Trinajstić information content (AvgIpc) is 2.86. The SMILES string of the molecule is CCCN1CCN(C(=O)c2cc(C)c(C#CCN)s2)CC1. The first-order valence-electron chi connectivity index (χ1n) is 7.46. The van der Waals surface area contributed by atoms with Gasteiger partial charge in [0.15, 0.2) is 0 Å². The smallest absolute Gasteiger partial charge is 0.264 e. The Bertz CT molecular complexity index is 548. The fourth-order valence-electron chi connectivity index (χ4n) is 2.49. The monoisotopic (exact) mass is 305 g/mol. The van der Waals surface area contributed by atoms with Gasteiger partial charge in [-0.05, 0) is 31.5 Å². The lowest BCUT2D eigenvalue weighted by atomic mass is 10.2. The first-order valence-corrected chi connectivity index (χ1v) is 8.28. The molecule has 0 spiro atoms. The van der Waals surface area contributed by atoms with Crippen molar-refractivity contribution in [2.75, 3.05) is 39.3 Å². The second-order valence-electron chi connectivity index (χ2n) is 5.26. The minimum atomic E-state index is 0.139. The molecule has 2 rings (SSSR count). The second kappa shape index (κ2) is 7.60. The number of thiophene rings is 1. The third-order valence-corrected chi connectivity index (χ3v) is 4.77. The van der Waals surface area contributed by atoms with Gasteiger partial charge in [0.05, 0.1) is 16.3 Å². The summed E-state index contributed by atoms with van der Waals surface area (Å²) in [6.45, 7) is 9.24. The highest BCUT2D eigenvalue weighted by Gasteiger charge is 2.23. The molecule has 1 aliphatic heterocycles. The van der Waals surface area contributed by atoms with Crippen LogP contribution in [0, 0.1) is 18.8 Å². The van der Waals surface area contributed by atoms with Crippen molar-refractivity contribution in [3.63, 3.8) is 0 Å². The zero-order valence-corrected chi connectivity index (χ0v) is 13.6. The van der Waals surface area contributed by atoms with Crippen LogP contribution in [0.25, 0.3) is 0 Å². The summed E-state index contributed by atoms with van der Waals surface area (Å²) in [5, 5.41) is 0. The van der Waals surface area contributed by atoms with Gasteiger partial charge in [-0.1, -0.05) is 18.8 Å². The molecule has 0 radical (unpaired) electrons. The van der Waals surface area contributed by atoms with Crippen LogP contribution in [0.1, 0.15) is 33.5 Å². The average molecular weight is 305 g/mol. The van der Waals surface area contributed by atoms with Crippen LogP contribution in [-0.4, -0.2) is 55.0 Å². The number of nitrogens with two attached hydrogens (primary N) is 1. The predicted molar refractivity (Wildman–Crippen MR) is 87.6 cm³/mol. The van der Waals surface area contributed by atoms with Crippen LogP contribution in [0.2, 0.25) is 0 Å². The number of aryl methyl sites for hydroxylation is 1. The number of carbonyl (C=O) groups is 1. The van der Waals surface area contributed by atoms with Gasteiger partial charge >= 0.3 is 0 Å². The molecule has 0 aliphatic carbocycles. The fourth-order valence-corrected chi connectivity index (χ4v) is 3.50. The summed E-state index contributed by atoms with van der Waals surface area (Å²) in [6.07, 6.45) is 1.17. The molecule has 1 aromatic heterocycles. The van der Waals surface area contributed by atoms with Crippen LogP contribution < -0.4 is 5.73 Å².